The summed E-state index contributed by atoms with van der Waals surface area (Å²) in [6.45, 7) is 6.73. The van der Waals surface area contributed by atoms with Gasteiger partial charge < -0.3 is 14.6 Å². The van der Waals surface area contributed by atoms with Gasteiger partial charge in [-0.05, 0) is 49.1 Å². The van der Waals surface area contributed by atoms with Gasteiger partial charge in [-0.25, -0.2) is 0 Å². The molecule has 0 spiro atoms. The highest BCUT2D eigenvalue weighted by Crippen LogP contribution is 2.47. The van der Waals surface area contributed by atoms with Crippen molar-refractivity contribution in [3.8, 4) is 0 Å². The first-order chi connectivity index (χ1) is 18.0. The number of aliphatic hydroxyl groups is 1. The minimum atomic E-state index is -0.405. The van der Waals surface area contributed by atoms with Crippen molar-refractivity contribution in [2.75, 3.05) is 39.5 Å². The summed E-state index contributed by atoms with van der Waals surface area (Å²) in [5.74, 6) is 0.342. The molecule has 1 saturated heterocycles. The van der Waals surface area contributed by atoms with Gasteiger partial charge in [0.15, 0.2) is 0 Å². The number of esters is 1. The molecule has 1 unspecified atom stereocenters. The van der Waals surface area contributed by atoms with Crippen molar-refractivity contribution in [3.05, 3.63) is 47.5 Å². The number of hydrogen-bond donors (Lipinski definition) is 1. The Morgan fingerprint density at radius 1 is 1.14 bits per heavy atom. The number of carbonyl (C=O) groups is 1. The summed E-state index contributed by atoms with van der Waals surface area (Å²) in [6, 6.07) is 8.33. The topological polar surface area (TPSA) is 59.0 Å². The van der Waals surface area contributed by atoms with E-state index in [2.05, 4.69) is 36.1 Å². The predicted octanol–water partition coefficient (Wildman–Crippen LogP) is 6.61. The number of morpholine rings is 1. The Labute approximate surface area is 233 Å². The predicted molar refractivity (Wildman–Crippen MR) is 151 cm³/mol. The second-order valence-electron chi connectivity index (χ2n) is 10.4. The molecule has 0 bridgehead atoms. The number of rotatable bonds is 15. The van der Waals surface area contributed by atoms with Gasteiger partial charge >= 0.3 is 5.97 Å². The molecule has 1 heterocycles. The summed E-state index contributed by atoms with van der Waals surface area (Å²) in [6.07, 6.45) is 11.8. The Balaban J connectivity index is 1.38. The zero-order valence-corrected chi connectivity index (χ0v) is 23.8. The van der Waals surface area contributed by atoms with Crippen LogP contribution in [0.1, 0.15) is 87.9 Å². The number of alkyl halides is 2. The van der Waals surface area contributed by atoms with Crippen molar-refractivity contribution in [2.24, 2.45) is 5.92 Å². The van der Waals surface area contributed by atoms with Gasteiger partial charge in [0.2, 0.25) is 0 Å². The fourth-order valence-corrected chi connectivity index (χ4v) is 6.46. The van der Waals surface area contributed by atoms with Crippen molar-refractivity contribution < 1.29 is 19.4 Å². The van der Waals surface area contributed by atoms with Crippen LogP contribution in [-0.4, -0.2) is 66.2 Å². The lowest BCUT2D eigenvalue weighted by Crippen LogP contribution is -2.38. The van der Waals surface area contributed by atoms with Crippen LogP contribution in [0.4, 0.5) is 0 Å². The minimum absolute atomic E-state index is 0.00783. The van der Waals surface area contributed by atoms with Crippen LogP contribution < -0.4 is 0 Å². The Hall–Kier alpha value is -1.11. The number of halogens is 2. The van der Waals surface area contributed by atoms with Crippen LogP contribution in [0.3, 0.4) is 0 Å². The molecule has 1 aromatic carbocycles. The standard InChI is InChI=1S/C30H45Cl2NO4/c1-2-3-6-10-28(34)23-12-14-24(15-13-23)30-25(26(31)22-27(30)32)9-7-4-5-8-11-29(35)37-21-18-33-16-19-36-20-17-33/h4,7,12-15,25-28,30,34H,2-3,5-6,8-11,16-22H2,1H3/b7-4-/t25-,26+,27+,28?,30+/m0/s1. The number of unbranched alkanes of at least 4 members (excludes halogenated alkanes) is 3. The molecule has 1 N–H and O–H groups in total. The van der Waals surface area contributed by atoms with Crippen LogP contribution in [0.5, 0.6) is 0 Å². The molecule has 1 aromatic rings. The third-order valence-corrected chi connectivity index (χ3v) is 8.61. The van der Waals surface area contributed by atoms with E-state index in [0.29, 0.717) is 13.0 Å². The molecule has 0 radical (unpaired) electrons. The third-order valence-electron chi connectivity index (χ3n) is 7.65. The van der Waals surface area contributed by atoms with E-state index < -0.39 is 6.10 Å². The summed E-state index contributed by atoms with van der Waals surface area (Å²) in [4.78, 5) is 14.3. The van der Waals surface area contributed by atoms with E-state index in [1.165, 1.54) is 5.56 Å². The van der Waals surface area contributed by atoms with Crippen LogP contribution >= 0.6 is 23.2 Å². The Morgan fingerprint density at radius 3 is 2.62 bits per heavy atom. The molecular weight excluding hydrogens is 509 g/mol. The summed E-state index contributed by atoms with van der Waals surface area (Å²) < 4.78 is 10.7. The molecule has 0 amide bonds. The summed E-state index contributed by atoms with van der Waals surface area (Å²) >= 11 is 13.5. The van der Waals surface area contributed by atoms with Gasteiger partial charge in [-0.2, -0.15) is 0 Å². The van der Waals surface area contributed by atoms with Gasteiger partial charge in [-0.15, -0.1) is 23.2 Å². The van der Waals surface area contributed by atoms with E-state index in [1.54, 1.807) is 0 Å². The number of ether oxygens (including phenoxy) is 2. The van der Waals surface area contributed by atoms with Gasteiger partial charge in [0.1, 0.15) is 6.61 Å². The van der Waals surface area contributed by atoms with Crippen molar-refractivity contribution >= 4 is 29.2 Å². The fourth-order valence-electron chi connectivity index (χ4n) is 5.40. The second kappa shape index (κ2) is 16.8. The number of allylic oxidation sites excluding steroid dienone is 2. The van der Waals surface area contributed by atoms with Crippen molar-refractivity contribution in [1.29, 1.82) is 0 Å². The molecule has 7 heteroatoms. The SMILES string of the molecule is CCCCCC(O)c1ccc([C@@H]2[C@@H](C/C=C\CCCC(=O)OCCN3CCOCC3)[C@H](Cl)C[C@H]2Cl)cc1. The number of benzene rings is 1. The van der Waals surface area contributed by atoms with Crippen LogP contribution in [0.25, 0.3) is 0 Å². The zero-order valence-electron chi connectivity index (χ0n) is 22.3. The van der Waals surface area contributed by atoms with Crippen molar-refractivity contribution in [3.63, 3.8) is 0 Å². The third kappa shape index (κ3) is 10.2. The summed E-state index contributed by atoms with van der Waals surface area (Å²) in [5.41, 5.74) is 2.17. The average molecular weight is 555 g/mol. The number of nitrogens with zero attached hydrogens (tertiary/aromatic N) is 1. The highest BCUT2D eigenvalue weighted by molar-refractivity contribution is 6.25. The Bertz CT molecular complexity index is 812. The van der Waals surface area contributed by atoms with E-state index in [4.69, 9.17) is 32.7 Å². The summed E-state index contributed by atoms with van der Waals surface area (Å²) in [5, 5.41) is 10.5. The average Bonchev–Trinajstić information content (AvgIpc) is 3.19. The molecule has 2 aliphatic rings. The Kier molecular flexibility index (Phi) is 13.8. The van der Waals surface area contributed by atoms with Gasteiger partial charge in [-0.1, -0.05) is 62.6 Å². The maximum atomic E-state index is 12.0. The lowest BCUT2D eigenvalue weighted by Gasteiger charge is -2.26. The van der Waals surface area contributed by atoms with Gasteiger partial charge in [0, 0.05) is 42.7 Å². The first-order valence-electron chi connectivity index (χ1n) is 14.2. The largest absolute Gasteiger partial charge is 0.464 e. The Morgan fingerprint density at radius 2 is 1.89 bits per heavy atom. The van der Waals surface area contributed by atoms with Crippen LogP contribution in [-0.2, 0) is 14.3 Å². The summed E-state index contributed by atoms with van der Waals surface area (Å²) in [7, 11) is 0. The molecule has 1 saturated carbocycles. The maximum Gasteiger partial charge on any atom is 0.305 e. The molecule has 5 nitrogen and oxygen atoms in total. The van der Waals surface area contributed by atoms with Gasteiger partial charge in [0.25, 0.3) is 0 Å². The second-order valence-corrected chi connectivity index (χ2v) is 11.5. The quantitative estimate of drug-likeness (QED) is 0.114. The molecule has 2 fully saturated rings. The monoisotopic (exact) mass is 553 g/mol. The van der Waals surface area contributed by atoms with Gasteiger partial charge in [-0.3, -0.25) is 9.69 Å². The zero-order chi connectivity index (χ0) is 26.5. The lowest BCUT2D eigenvalue weighted by atomic mass is 9.85. The highest BCUT2D eigenvalue weighted by Gasteiger charge is 2.41. The van der Waals surface area contributed by atoms with E-state index in [-0.39, 0.29) is 28.6 Å². The van der Waals surface area contributed by atoms with E-state index in [0.717, 1.165) is 89.8 Å². The first kappa shape index (κ1) is 30.4. The molecule has 37 heavy (non-hydrogen) atoms. The van der Waals surface area contributed by atoms with Crippen molar-refractivity contribution in [1.82, 2.24) is 4.90 Å². The number of hydrogen-bond acceptors (Lipinski definition) is 5. The maximum absolute atomic E-state index is 12.0. The van der Waals surface area contributed by atoms with Crippen LogP contribution in [0.15, 0.2) is 36.4 Å². The molecular formula is C30H45Cl2NO4. The molecule has 3 rings (SSSR count). The normalized spacial score (nSPS) is 25.5. The first-order valence-corrected chi connectivity index (χ1v) is 15.0. The molecule has 1 aliphatic heterocycles. The molecule has 1 aliphatic carbocycles. The van der Waals surface area contributed by atoms with E-state index in [1.807, 2.05) is 12.1 Å². The lowest BCUT2D eigenvalue weighted by molar-refractivity contribution is -0.144. The molecule has 5 atom stereocenters. The van der Waals surface area contributed by atoms with Crippen LogP contribution in [0, 0.1) is 5.92 Å². The molecule has 208 valence electrons. The highest BCUT2D eigenvalue weighted by atomic mass is 35.5. The fraction of sp³-hybridized carbons (Fsp3) is 0.700. The van der Waals surface area contributed by atoms with Crippen LogP contribution in [0.2, 0.25) is 0 Å². The minimum Gasteiger partial charge on any atom is -0.464 e. The molecule has 0 aromatic heterocycles. The number of aliphatic hydroxyl groups excluding tert-OH is 1. The van der Waals surface area contributed by atoms with Gasteiger partial charge in [0.05, 0.1) is 19.3 Å². The van der Waals surface area contributed by atoms with E-state index >= 15 is 0 Å². The number of carbonyl (C=O) groups excluding carboxylic acids is 1. The smallest absolute Gasteiger partial charge is 0.305 e. The van der Waals surface area contributed by atoms with Crippen molar-refractivity contribution in [2.45, 2.75) is 87.5 Å². The van der Waals surface area contributed by atoms with E-state index in [9.17, 15) is 9.90 Å².